The lowest BCUT2D eigenvalue weighted by molar-refractivity contribution is 0.357. The van der Waals surface area contributed by atoms with Gasteiger partial charge in [-0.2, -0.15) is 8.42 Å². The second kappa shape index (κ2) is 9.23. The molecule has 0 bridgehead atoms. The minimum absolute atomic E-state index is 0.103. The molecule has 5 nitrogen and oxygen atoms in total. The molecule has 22 heavy (non-hydrogen) atoms. The first-order valence-corrected chi connectivity index (χ1v) is 13.2. The molecule has 0 aliphatic heterocycles. The highest BCUT2D eigenvalue weighted by Crippen LogP contribution is 2.72. The maximum absolute atomic E-state index is 12.7. The summed E-state index contributed by atoms with van der Waals surface area (Å²) >= 11 is 2.43. The molecule has 126 valence electrons. The van der Waals surface area contributed by atoms with E-state index >= 15 is 0 Å². The molecule has 0 aromatic heterocycles. The topological polar surface area (TPSA) is 69.7 Å². The van der Waals surface area contributed by atoms with Crippen molar-refractivity contribution in [2.75, 3.05) is 18.1 Å². The van der Waals surface area contributed by atoms with Crippen molar-refractivity contribution in [2.24, 2.45) is 0 Å². The summed E-state index contributed by atoms with van der Waals surface area (Å²) in [4.78, 5) is 0.657. The lowest BCUT2D eigenvalue weighted by Gasteiger charge is -2.16. The predicted molar refractivity (Wildman–Crippen MR) is 94.4 cm³/mol. The largest absolute Gasteiger partial charge is 0.382 e. The van der Waals surface area contributed by atoms with Crippen LogP contribution in [0.25, 0.3) is 0 Å². The molecule has 0 saturated heterocycles. The lowest BCUT2D eigenvalue weighted by Crippen LogP contribution is -2.11. The van der Waals surface area contributed by atoms with Crippen LogP contribution in [0.15, 0.2) is 29.2 Å². The van der Waals surface area contributed by atoms with Crippen molar-refractivity contribution >= 4 is 38.7 Å². The third kappa shape index (κ3) is 6.96. The SMILES string of the molecule is CCCSP(=O)(OCC)Sc1cccc(OS(=O)(=O)CC)c1. The molecule has 1 unspecified atom stereocenters. The smallest absolute Gasteiger partial charge is 0.317 e. The summed E-state index contributed by atoms with van der Waals surface area (Å²) in [6, 6.07) is 6.55. The first-order valence-electron chi connectivity index (χ1n) is 6.95. The Kier molecular flexibility index (Phi) is 8.35. The van der Waals surface area contributed by atoms with E-state index in [1.54, 1.807) is 31.2 Å². The maximum atomic E-state index is 12.7. The van der Waals surface area contributed by atoms with Gasteiger partial charge in [-0.1, -0.05) is 24.4 Å². The van der Waals surface area contributed by atoms with Gasteiger partial charge in [-0.3, -0.25) is 4.57 Å². The van der Waals surface area contributed by atoms with E-state index in [1.165, 1.54) is 18.3 Å². The van der Waals surface area contributed by atoms with E-state index in [-0.39, 0.29) is 11.5 Å². The van der Waals surface area contributed by atoms with Gasteiger partial charge in [-0.25, -0.2) is 0 Å². The normalized spacial score (nSPS) is 14.5. The van der Waals surface area contributed by atoms with Crippen molar-refractivity contribution < 1.29 is 21.7 Å². The molecule has 0 radical (unpaired) electrons. The van der Waals surface area contributed by atoms with Gasteiger partial charge in [-0.05, 0) is 49.8 Å². The average Bonchev–Trinajstić information content (AvgIpc) is 2.45. The van der Waals surface area contributed by atoms with Gasteiger partial charge in [0.1, 0.15) is 5.75 Å². The summed E-state index contributed by atoms with van der Waals surface area (Å²) in [7, 11) is -3.57. The summed E-state index contributed by atoms with van der Waals surface area (Å²) in [5.74, 6) is -2.05. The van der Waals surface area contributed by atoms with Gasteiger partial charge in [0.2, 0.25) is 0 Å². The fourth-order valence-corrected chi connectivity index (χ4v) is 8.78. The van der Waals surface area contributed by atoms with Crippen LogP contribution in [0, 0.1) is 0 Å². The highest BCUT2D eigenvalue weighted by atomic mass is 33.1. The van der Waals surface area contributed by atoms with Crippen LogP contribution in [0.2, 0.25) is 0 Å². The summed E-state index contributed by atoms with van der Waals surface area (Å²) in [5.41, 5.74) is 0. The standard InChI is InChI=1S/C13H21O5PS3/c1-4-10-20-19(14,17-5-2)21-13-9-7-8-12(11-13)18-22(15,16)6-3/h7-9,11H,4-6,10H2,1-3H3. The highest BCUT2D eigenvalue weighted by Gasteiger charge is 2.25. The quantitative estimate of drug-likeness (QED) is 0.424. The minimum Gasteiger partial charge on any atom is -0.382 e. The van der Waals surface area contributed by atoms with E-state index in [0.29, 0.717) is 11.5 Å². The van der Waals surface area contributed by atoms with Crippen LogP contribution in [0.3, 0.4) is 0 Å². The first-order chi connectivity index (χ1) is 10.3. The molecular formula is C13H21O5PS3. The minimum atomic E-state index is -3.57. The first kappa shape index (κ1) is 19.9. The molecule has 0 N–H and O–H groups in total. The molecular weight excluding hydrogens is 363 g/mol. The Labute approximate surface area is 140 Å². The van der Waals surface area contributed by atoms with Crippen LogP contribution in [0.1, 0.15) is 27.2 Å². The van der Waals surface area contributed by atoms with E-state index in [9.17, 15) is 13.0 Å². The Morgan fingerprint density at radius 3 is 2.55 bits per heavy atom. The van der Waals surface area contributed by atoms with E-state index in [1.807, 2.05) is 6.92 Å². The zero-order valence-corrected chi connectivity index (χ0v) is 16.2. The second-order valence-corrected chi connectivity index (χ2v) is 13.4. The molecule has 0 aliphatic rings. The number of hydrogen-bond donors (Lipinski definition) is 0. The molecule has 0 saturated carbocycles. The molecule has 0 heterocycles. The molecule has 1 aromatic rings. The van der Waals surface area contributed by atoms with Crippen molar-refractivity contribution in [1.29, 1.82) is 0 Å². The summed E-state index contributed by atoms with van der Waals surface area (Å²) < 4.78 is 46.1. The third-order valence-electron chi connectivity index (χ3n) is 2.34. The van der Waals surface area contributed by atoms with Crippen LogP contribution in [0.5, 0.6) is 5.75 Å². The van der Waals surface area contributed by atoms with Crippen LogP contribution < -0.4 is 4.18 Å². The fourth-order valence-electron chi connectivity index (χ4n) is 1.37. The predicted octanol–water partition coefficient (Wildman–Crippen LogP) is 4.80. The molecule has 0 spiro atoms. The van der Waals surface area contributed by atoms with Crippen LogP contribution in [-0.2, 0) is 19.2 Å². The number of rotatable bonds is 10. The van der Waals surface area contributed by atoms with E-state index < -0.39 is 15.9 Å². The van der Waals surface area contributed by atoms with Crippen LogP contribution in [0.4, 0.5) is 0 Å². The Morgan fingerprint density at radius 2 is 1.95 bits per heavy atom. The lowest BCUT2D eigenvalue weighted by atomic mass is 10.3. The zero-order valence-electron chi connectivity index (χ0n) is 12.9. The van der Waals surface area contributed by atoms with Gasteiger partial charge in [0.25, 0.3) is 0 Å². The van der Waals surface area contributed by atoms with Crippen LogP contribution in [-0.4, -0.2) is 26.5 Å². The Bertz CT molecular complexity index is 618. The van der Waals surface area contributed by atoms with E-state index in [0.717, 1.165) is 23.6 Å². The average molecular weight is 384 g/mol. The van der Waals surface area contributed by atoms with Gasteiger partial charge in [0, 0.05) is 10.6 Å². The van der Waals surface area contributed by atoms with Gasteiger partial charge in [0.15, 0.2) is 0 Å². The van der Waals surface area contributed by atoms with Gasteiger partial charge in [-0.15, -0.1) is 0 Å². The van der Waals surface area contributed by atoms with Crippen molar-refractivity contribution in [3.05, 3.63) is 24.3 Å². The molecule has 0 aliphatic carbocycles. The molecule has 0 amide bonds. The van der Waals surface area contributed by atoms with Gasteiger partial charge < -0.3 is 8.71 Å². The summed E-state index contributed by atoms with van der Waals surface area (Å²) in [5, 5.41) is 0. The summed E-state index contributed by atoms with van der Waals surface area (Å²) in [6.45, 7) is 5.69. The van der Waals surface area contributed by atoms with Crippen molar-refractivity contribution in [1.82, 2.24) is 0 Å². The van der Waals surface area contributed by atoms with E-state index in [4.69, 9.17) is 8.71 Å². The van der Waals surface area contributed by atoms with Crippen molar-refractivity contribution in [2.45, 2.75) is 32.1 Å². The fraction of sp³-hybridized carbons (Fsp3) is 0.538. The van der Waals surface area contributed by atoms with E-state index in [2.05, 4.69) is 0 Å². The Morgan fingerprint density at radius 1 is 1.23 bits per heavy atom. The highest BCUT2D eigenvalue weighted by molar-refractivity contribution is 8.89. The monoisotopic (exact) mass is 384 g/mol. The van der Waals surface area contributed by atoms with Crippen molar-refractivity contribution in [3.63, 3.8) is 0 Å². The van der Waals surface area contributed by atoms with Crippen molar-refractivity contribution in [3.8, 4) is 5.75 Å². The number of hydrogen-bond acceptors (Lipinski definition) is 7. The molecule has 1 atom stereocenters. The van der Waals surface area contributed by atoms with Crippen LogP contribution >= 0.6 is 28.5 Å². The molecule has 1 aromatic carbocycles. The summed E-state index contributed by atoms with van der Waals surface area (Å²) in [6.07, 6.45) is 0.903. The van der Waals surface area contributed by atoms with Gasteiger partial charge >= 0.3 is 15.9 Å². The zero-order chi connectivity index (χ0) is 16.6. The Hall–Kier alpha value is -0.140. The number of benzene rings is 1. The van der Waals surface area contributed by atoms with Gasteiger partial charge in [0.05, 0.1) is 12.4 Å². The second-order valence-electron chi connectivity index (χ2n) is 4.19. The molecule has 9 heteroatoms. The third-order valence-corrected chi connectivity index (χ3v) is 10.7. The Balaban J connectivity index is 2.90. The molecule has 1 rings (SSSR count). The molecule has 0 fully saturated rings. The maximum Gasteiger partial charge on any atom is 0.317 e.